The molecule has 1 heterocycles. The highest BCUT2D eigenvalue weighted by Crippen LogP contribution is 2.18. The van der Waals surface area contributed by atoms with Gasteiger partial charge in [-0.2, -0.15) is 0 Å². The molecule has 0 aliphatic rings. The number of hydrogen-bond acceptors (Lipinski definition) is 4. The molecule has 2 N–H and O–H groups in total. The minimum atomic E-state index is -0.460. The lowest BCUT2D eigenvalue weighted by molar-refractivity contribution is 0.0994. The van der Waals surface area contributed by atoms with Gasteiger partial charge in [-0.15, -0.1) is 0 Å². The van der Waals surface area contributed by atoms with Crippen LogP contribution < -0.4 is 0 Å². The molecule has 0 spiro atoms. The van der Waals surface area contributed by atoms with Crippen molar-refractivity contribution < 1.29 is 10.2 Å². The molecule has 2 rings (SSSR count). The Bertz CT molecular complexity index is 622. The monoisotopic (exact) mass is 305 g/mol. The van der Waals surface area contributed by atoms with E-state index in [1.165, 1.54) is 11.1 Å². The van der Waals surface area contributed by atoms with Crippen molar-refractivity contribution in [1.29, 1.82) is 0 Å². The fraction of sp³-hybridized carbons (Fsp3) is 0.588. The van der Waals surface area contributed by atoms with E-state index >= 15 is 0 Å². The number of aryl methyl sites for hydroxylation is 2. The smallest absolute Gasteiger partial charge is 0.0959 e. The molecule has 2 aromatic rings. The van der Waals surface area contributed by atoms with Gasteiger partial charge in [0.15, 0.2) is 0 Å². The molecule has 5 heteroatoms. The van der Waals surface area contributed by atoms with Crippen molar-refractivity contribution >= 4 is 11.0 Å². The van der Waals surface area contributed by atoms with Crippen molar-refractivity contribution in [3.8, 4) is 0 Å². The van der Waals surface area contributed by atoms with Crippen LogP contribution in [0.15, 0.2) is 18.5 Å². The number of aromatic nitrogens is 2. The van der Waals surface area contributed by atoms with Crippen LogP contribution in [-0.4, -0.2) is 57.0 Å². The van der Waals surface area contributed by atoms with Crippen LogP contribution in [0.4, 0.5) is 0 Å². The van der Waals surface area contributed by atoms with Crippen LogP contribution in [0, 0.1) is 13.8 Å². The van der Waals surface area contributed by atoms with Crippen LogP contribution in [0.2, 0.25) is 0 Å². The third-order valence-corrected chi connectivity index (χ3v) is 4.09. The van der Waals surface area contributed by atoms with Gasteiger partial charge in [-0.25, -0.2) is 4.98 Å². The zero-order valence-corrected chi connectivity index (χ0v) is 14.0. The molecule has 22 heavy (non-hydrogen) atoms. The van der Waals surface area contributed by atoms with E-state index in [0.717, 1.165) is 24.0 Å². The molecule has 1 aromatic carbocycles. The Hall–Kier alpha value is -1.43. The van der Waals surface area contributed by atoms with Crippen LogP contribution in [0.3, 0.4) is 0 Å². The Morgan fingerprint density at radius 1 is 1.23 bits per heavy atom. The molecule has 0 radical (unpaired) electrons. The third-order valence-electron chi connectivity index (χ3n) is 4.09. The quantitative estimate of drug-likeness (QED) is 0.817. The second kappa shape index (κ2) is 7.22. The number of fused-ring (bicyclic) bond motifs is 1. The van der Waals surface area contributed by atoms with Gasteiger partial charge in [0.2, 0.25) is 0 Å². The van der Waals surface area contributed by atoms with Crippen LogP contribution >= 0.6 is 0 Å². The van der Waals surface area contributed by atoms with Gasteiger partial charge in [-0.3, -0.25) is 0 Å². The maximum atomic E-state index is 10.3. The molecular formula is C17H27N3O2. The Labute approximate surface area is 132 Å². The van der Waals surface area contributed by atoms with Crippen LogP contribution in [0.1, 0.15) is 24.5 Å². The number of aliphatic hydroxyl groups excluding tert-OH is 2. The first kappa shape index (κ1) is 16.9. The average molecular weight is 305 g/mol. The van der Waals surface area contributed by atoms with Crippen molar-refractivity contribution in [2.24, 2.45) is 0 Å². The summed E-state index contributed by atoms with van der Waals surface area (Å²) in [6.07, 6.45) is 1.75. The van der Waals surface area contributed by atoms with Crippen molar-refractivity contribution in [3.63, 3.8) is 0 Å². The highest BCUT2D eigenvalue weighted by molar-refractivity contribution is 5.77. The summed E-state index contributed by atoms with van der Waals surface area (Å²) >= 11 is 0. The number of imidazole rings is 1. The van der Waals surface area contributed by atoms with Gasteiger partial charge in [0.1, 0.15) is 0 Å². The molecule has 0 bridgehead atoms. The van der Waals surface area contributed by atoms with Gasteiger partial charge in [0.25, 0.3) is 0 Å². The molecular weight excluding hydrogens is 278 g/mol. The third kappa shape index (κ3) is 4.29. The Morgan fingerprint density at radius 2 is 1.91 bits per heavy atom. The van der Waals surface area contributed by atoms with Gasteiger partial charge in [-0.05, 0) is 57.5 Å². The van der Waals surface area contributed by atoms with E-state index in [4.69, 9.17) is 0 Å². The number of aliphatic hydroxyl groups is 2. The standard InChI is InChI=1S/C17H27N3O2/c1-12-7-16-17(8-13(12)2)20(11-18-16)10-15(22)9-19(4)6-5-14(3)21/h7-8,11,14-15,21-22H,5-6,9-10H2,1-4H3. The van der Waals surface area contributed by atoms with Gasteiger partial charge >= 0.3 is 0 Å². The summed E-state index contributed by atoms with van der Waals surface area (Å²) in [7, 11) is 1.96. The minimum Gasteiger partial charge on any atom is -0.393 e. The first-order chi connectivity index (χ1) is 10.4. The highest BCUT2D eigenvalue weighted by atomic mass is 16.3. The molecule has 0 amide bonds. The molecule has 2 unspecified atom stereocenters. The van der Waals surface area contributed by atoms with Crippen molar-refractivity contribution in [1.82, 2.24) is 14.5 Å². The highest BCUT2D eigenvalue weighted by Gasteiger charge is 2.12. The second-order valence-corrected chi connectivity index (χ2v) is 6.38. The van der Waals surface area contributed by atoms with Crippen LogP contribution in [-0.2, 0) is 6.54 Å². The molecule has 0 fully saturated rings. The van der Waals surface area contributed by atoms with E-state index in [2.05, 4.69) is 31.0 Å². The van der Waals surface area contributed by atoms with Gasteiger partial charge in [0.05, 0.1) is 36.1 Å². The number of likely N-dealkylation sites (N-methyl/N-ethyl adjacent to an activating group) is 1. The molecule has 0 saturated carbocycles. The van der Waals surface area contributed by atoms with E-state index in [-0.39, 0.29) is 6.10 Å². The van der Waals surface area contributed by atoms with Crippen molar-refractivity contribution in [3.05, 3.63) is 29.6 Å². The van der Waals surface area contributed by atoms with Crippen molar-refractivity contribution in [2.45, 2.75) is 45.9 Å². The number of nitrogens with zero attached hydrogens (tertiary/aromatic N) is 3. The predicted molar refractivity (Wildman–Crippen MR) is 89.0 cm³/mol. The van der Waals surface area contributed by atoms with Gasteiger partial charge in [0, 0.05) is 13.1 Å². The SMILES string of the molecule is Cc1cc2ncn(CC(O)CN(C)CCC(C)O)c2cc1C. The summed E-state index contributed by atoms with van der Waals surface area (Å²) in [6.45, 7) is 7.84. The maximum absolute atomic E-state index is 10.3. The zero-order chi connectivity index (χ0) is 16.3. The molecule has 0 aliphatic heterocycles. The summed E-state index contributed by atoms with van der Waals surface area (Å²) < 4.78 is 2.01. The van der Waals surface area contributed by atoms with Gasteiger partial charge < -0.3 is 19.7 Å². The maximum Gasteiger partial charge on any atom is 0.0959 e. The van der Waals surface area contributed by atoms with E-state index in [9.17, 15) is 10.2 Å². The number of benzene rings is 1. The minimum absolute atomic E-state index is 0.302. The summed E-state index contributed by atoms with van der Waals surface area (Å²) in [5.41, 5.74) is 4.50. The summed E-state index contributed by atoms with van der Waals surface area (Å²) in [5, 5.41) is 19.6. The predicted octanol–water partition coefficient (Wildman–Crippen LogP) is 1.72. The Morgan fingerprint density at radius 3 is 2.59 bits per heavy atom. The van der Waals surface area contributed by atoms with Crippen LogP contribution in [0.5, 0.6) is 0 Å². The second-order valence-electron chi connectivity index (χ2n) is 6.38. The molecule has 122 valence electrons. The molecule has 0 aliphatic carbocycles. The Kier molecular flexibility index (Phi) is 5.56. The van der Waals surface area contributed by atoms with Crippen molar-refractivity contribution in [2.75, 3.05) is 20.1 Å². The van der Waals surface area contributed by atoms with E-state index in [1.54, 1.807) is 13.3 Å². The largest absolute Gasteiger partial charge is 0.393 e. The fourth-order valence-electron chi connectivity index (χ4n) is 2.60. The zero-order valence-electron chi connectivity index (χ0n) is 14.0. The summed E-state index contributed by atoms with van der Waals surface area (Å²) in [4.78, 5) is 6.47. The lowest BCUT2D eigenvalue weighted by Gasteiger charge is -2.21. The molecule has 0 saturated heterocycles. The Balaban J connectivity index is 2.00. The van der Waals surface area contributed by atoms with E-state index in [0.29, 0.717) is 13.1 Å². The normalized spacial score (nSPS) is 14.7. The summed E-state index contributed by atoms with van der Waals surface area (Å²) in [5.74, 6) is 0. The average Bonchev–Trinajstić information content (AvgIpc) is 2.79. The van der Waals surface area contributed by atoms with E-state index < -0.39 is 6.10 Å². The van der Waals surface area contributed by atoms with Gasteiger partial charge in [-0.1, -0.05) is 0 Å². The number of rotatable bonds is 7. The first-order valence-electron chi connectivity index (χ1n) is 7.83. The fourth-order valence-corrected chi connectivity index (χ4v) is 2.60. The number of hydrogen-bond donors (Lipinski definition) is 2. The lowest BCUT2D eigenvalue weighted by Crippen LogP contribution is -2.33. The summed E-state index contributed by atoms with van der Waals surface area (Å²) in [6, 6.07) is 4.21. The topological polar surface area (TPSA) is 61.5 Å². The first-order valence-corrected chi connectivity index (χ1v) is 7.83. The lowest BCUT2D eigenvalue weighted by atomic mass is 10.1. The van der Waals surface area contributed by atoms with Crippen LogP contribution in [0.25, 0.3) is 11.0 Å². The molecule has 2 atom stereocenters. The van der Waals surface area contributed by atoms with E-state index in [1.807, 2.05) is 16.5 Å². The molecule has 1 aromatic heterocycles. The molecule has 5 nitrogen and oxygen atoms in total.